The molecule has 2 bridgehead atoms. The number of hydrogen-bond donors (Lipinski definition) is 1. The SMILES string of the molecule is CC(C)C12C3CC(CC3CC(C)(O)C(F)(F)F)C1C2(C)C. The van der Waals surface area contributed by atoms with E-state index in [1.54, 1.807) is 0 Å². The molecule has 0 aromatic heterocycles. The highest BCUT2D eigenvalue weighted by Gasteiger charge is 2.83. The van der Waals surface area contributed by atoms with Gasteiger partial charge in [-0.1, -0.05) is 27.7 Å². The van der Waals surface area contributed by atoms with Gasteiger partial charge in [-0.25, -0.2) is 0 Å². The minimum absolute atomic E-state index is 0.0204. The molecule has 1 N–H and O–H groups in total. The van der Waals surface area contributed by atoms with Gasteiger partial charge in [0.1, 0.15) is 0 Å². The molecule has 3 aliphatic carbocycles. The Hall–Kier alpha value is -0.250. The van der Waals surface area contributed by atoms with Gasteiger partial charge in [-0.15, -0.1) is 0 Å². The highest BCUT2D eigenvalue weighted by Crippen LogP contribution is 2.87. The van der Waals surface area contributed by atoms with Crippen LogP contribution in [0.2, 0.25) is 0 Å². The van der Waals surface area contributed by atoms with Crippen molar-refractivity contribution in [1.82, 2.24) is 0 Å². The van der Waals surface area contributed by atoms with E-state index >= 15 is 0 Å². The predicted molar refractivity (Wildman–Crippen MR) is 75.5 cm³/mol. The highest BCUT2D eigenvalue weighted by molar-refractivity contribution is 5.30. The summed E-state index contributed by atoms with van der Waals surface area (Å²) in [6.07, 6.45) is -2.71. The van der Waals surface area contributed by atoms with Crippen molar-refractivity contribution >= 4 is 0 Å². The van der Waals surface area contributed by atoms with Crippen LogP contribution in [-0.2, 0) is 0 Å². The molecule has 0 amide bonds. The van der Waals surface area contributed by atoms with E-state index in [0.29, 0.717) is 23.7 Å². The third-order valence-electron chi connectivity index (χ3n) is 7.37. The van der Waals surface area contributed by atoms with E-state index in [0.717, 1.165) is 19.8 Å². The third kappa shape index (κ3) is 1.69. The molecule has 0 aliphatic heterocycles. The van der Waals surface area contributed by atoms with Crippen LogP contribution in [0.5, 0.6) is 0 Å². The third-order valence-corrected chi connectivity index (χ3v) is 7.37. The summed E-state index contributed by atoms with van der Waals surface area (Å²) < 4.78 is 39.0. The number of halogens is 3. The molecule has 3 rings (SSSR count). The van der Waals surface area contributed by atoms with Crippen LogP contribution >= 0.6 is 0 Å². The lowest BCUT2D eigenvalue weighted by Crippen LogP contribution is -2.45. The van der Waals surface area contributed by atoms with E-state index in [1.807, 2.05) is 0 Å². The molecular formula is C17H27F3O. The molecule has 3 aliphatic rings. The van der Waals surface area contributed by atoms with Crippen molar-refractivity contribution in [2.24, 2.45) is 40.4 Å². The van der Waals surface area contributed by atoms with Crippen molar-refractivity contribution in [3.63, 3.8) is 0 Å². The van der Waals surface area contributed by atoms with E-state index in [1.165, 1.54) is 0 Å². The Balaban J connectivity index is 1.84. The molecule has 4 heteroatoms. The van der Waals surface area contributed by atoms with Gasteiger partial charge in [-0.2, -0.15) is 13.2 Å². The van der Waals surface area contributed by atoms with Crippen LogP contribution in [0, 0.1) is 40.4 Å². The minimum atomic E-state index is -4.53. The van der Waals surface area contributed by atoms with Gasteiger partial charge in [0, 0.05) is 0 Å². The largest absolute Gasteiger partial charge is 0.416 e. The summed E-state index contributed by atoms with van der Waals surface area (Å²) in [7, 11) is 0. The Morgan fingerprint density at radius 1 is 1.19 bits per heavy atom. The molecule has 122 valence electrons. The van der Waals surface area contributed by atoms with E-state index < -0.39 is 11.8 Å². The maximum absolute atomic E-state index is 13.0. The first-order chi connectivity index (χ1) is 9.37. The Bertz CT molecular complexity index is 451. The van der Waals surface area contributed by atoms with Crippen molar-refractivity contribution in [3.05, 3.63) is 0 Å². The number of rotatable bonds is 3. The second-order valence-electron chi connectivity index (χ2n) is 8.86. The molecule has 0 saturated heterocycles. The van der Waals surface area contributed by atoms with Crippen LogP contribution in [0.4, 0.5) is 13.2 Å². The van der Waals surface area contributed by atoms with Crippen molar-refractivity contribution < 1.29 is 18.3 Å². The standard InChI is InChI=1S/C17H27F3O/c1-9(2)16-12-7-10(13(16)14(16,3)4)6-11(12)8-15(5,21)17(18,19)20/h9-13,21H,6-8H2,1-5H3. The molecule has 1 nitrogen and oxygen atoms in total. The van der Waals surface area contributed by atoms with Gasteiger partial charge in [0.05, 0.1) is 0 Å². The number of alkyl halides is 3. The van der Waals surface area contributed by atoms with Gasteiger partial charge < -0.3 is 5.11 Å². The van der Waals surface area contributed by atoms with Gasteiger partial charge in [0.25, 0.3) is 0 Å². The van der Waals surface area contributed by atoms with Crippen LogP contribution in [0.15, 0.2) is 0 Å². The second-order valence-corrected chi connectivity index (χ2v) is 8.86. The fourth-order valence-corrected chi connectivity index (χ4v) is 6.97. The molecule has 3 fully saturated rings. The topological polar surface area (TPSA) is 20.2 Å². The van der Waals surface area contributed by atoms with Crippen molar-refractivity contribution in [3.8, 4) is 0 Å². The van der Waals surface area contributed by atoms with Crippen LogP contribution < -0.4 is 0 Å². The number of hydrogen-bond acceptors (Lipinski definition) is 1. The highest BCUT2D eigenvalue weighted by atomic mass is 19.4. The molecule has 0 aromatic carbocycles. The van der Waals surface area contributed by atoms with Crippen LogP contribution in [0.1, 0.15) is 53.9 Å². The molecule has 0 radical (unpaired) electrons. The molecule has 0 aromatic rings. The fraction of sp³-hybridized carbons (Fsp3) is 1.00. The summed E-state index contributed by atoms with van der Waals surface area (Å²) in [6.45, 7) is 9.97. The van der Waals surface area contributed by atoms with Gasteiger partial charge >= 0.3 is 6.18 Å². The Kier molecular flexibility index (Phi) is 2.97. The average Bonchev–Trinajstić information content (AvgIpc) is 2.61. The first-order valence-corrected chi connectivity index (χ1v) is 8.16. The summed E-state index contributed by atoms with van der Waals surface area (Å²) in [5.74, 6) is 2.14. The summed E-state index contributed by atoms with van der Waals surface area (Å²) in [5, 5.41) is 9.87. The van der Waals surface area contributed by atoms with Gasteiger partial charge in [-0.3, -0.25) is 0 Å². The Morgan fingerprint density at radius 2 is 1.76 bits per heavy atom. The fourth-order valence-electron chi connectivity index (χ4n) is 6.97. The van der Waals surface area contributed by atoms with Crippen LogP contribution in [0.25, 0.3) is 0 Å². The van der Waals surface area contributed by atoms with Gasteiger partial charge in [0.2, 0.25) is 0 Å². The van der Waals surface area contributed by atoms with E-state index in [4.69, 9.17) is 0 Å². The zero-order valence-electron chi connectivity index (χ0n) is 13.6. The Morgan fingerprint density at radius 3 is 2.24 bits per heavy atom. The van der Waals surface area contributed by atoms with Crippen molar-refractivity contribution in [2.45, 2.75) is 65.7 Å². The maximum Gasteiger partial charge on any atom is 0.416 e. The predicted octanol–water partition coefficient (Wildman–Crippen LogP) is 4.64. The smallest absolute Gasteiger partial charge is 0.381 e. The van der Waals surface area contributed by atoms with E-state index in [-0.39, 0.29) is 23.2 Å². The molecule has 0 heterocycles. The molecule has 6 atom stereocenters. The first-order valence-electron chi connectivity index (χ1n) is 8.16. The number of aliphatic hydroxyl groups is 1. The second kappa shape index (κ2) is 3.98. The zero-order valence-corrected chi connectivity index (χ0v) is 13.6. The molecule has 3 saturated carbocycles. The molecular weight excluding hydrogens is 277 g/mol. The quantitative estimate of drug-likeness (QED) is 0.805. The Labute approximate surface area is 125 Å². The first kappa shape index (κ1) is 15.6. The van der Waals surface area contributed by atoms with Crippen LogP contribution in [0.3, 0.4) is 0 Å². The minimum Gasteiger partial charge on any atom is -0.381 e. The lowest BCUT2D eigenvalue weighted by Gasteiger charge is -2.39. The molecule has 21 heavy (non-hydrogen) atoms. The normalized spacial score (nSPS) is 46.6. The number of fused-ring (bicyclic) bond motifs is 5. The van der Waals surface area contributed by atoms with Crippen molar-refractivity contribution in [1.29, 1.82) is 0 Å². The summed E-state index contributed by atoms with van der Waals surface area (Å²) in [4.78, 5) is 0. The zero-order chi connectivity index (χ0) is 16.0. The van der Waals surface area contributed by atoms with Crippen molar-refractivity contribution in [2.75, 3.05) is 0 Å². The maximum atomic E-state index is 13.0. The monoisotopic (exact) mass is 304 g/mol. The van der Waals surface area contributed by atoms with Gasteiger partial charge in [0.15, 0.2) is 5.60 Å². The lowest BCUT2D eigenvalue weighted by atomic mass is 9.68. The van der Waals surface area contributed by atoms with E-state index in [9.17, 15) is 18.3 Å². The lowest BCUT2D eigenvalue weighted by molar-refractivity contribution is -0.260. The summed E-state index contributed by atoms with van der Waals surface area (Å²) >= 11 is 0. The van der Waals surface area contributed by atoms with Gasteiger partial charge in [-0.05, 0) is 66.6 Å². The van der Waals surface area contributed by atoms with E-state index in [2.05, 4.69) is 27.7 Å². The molecule has 6 unspecified atom stereocenters. The molecule has 0 spiro atoms. The summed E-state index contributed by atoms with van der Waals surface area (Å²) in [6, 6.07) is 0. The summed E-state index contributed by atoms with van der Waals surface area (Å²) in [5.41, 5.74) is -2.08. The van der Waals surface area contributed by atoms with Crippen LogP contribution in [-0.4, -0.2) is 16.9 Å². The average molecular weight is 304 g/mol.